The summed E-state index contributed by atoms with van der Waals surface area (Å²) in [4.78, 5) is 25.8. The van der Waals surface area contributed by atoms with Crippen LogP contribution in [0.2, 0.25) is 0 Å². The Hall–Kier alpha value is -4.07. The van der Waals surface area contributed by atoms with Crippen LogP contribution in [0.4, 0.5) is 5.69 Å². The highest BCUT2D eigenvalue weighted by molar-refractivity contribution is 6.05. The Morgan fingerprint density at radius 3 is 2.72 bits per heavy atom. The molecule has 1 N–H and O–H groups in total. The van der Waals surface area contributed by atoms with E-state index in [1.807, 2.05) is 54.9 Å². The molecule has 1 aromatic carbocycles. The highest BCUT2D eigenvalue weighted by Crippen LogP contribution is 2.19. The maximum Gasteiger partial charge on any atom is 0.257 e. The summed E-state index contributed by atoms with van der Waals surface area (Å²) in [6.07, 6.45) is 4.92. The Labute approximate surface area is 165 Å². The van der Waals surface area contributed by atoms with Crippen LogP contribution in [0.15, 0.2) is 61.2 Å². The number of carbonyl (C=O) groups is 1. The number of aryl methyl sites for hydroxylation is 2. The van der Waals surface area contributed by atoms with Crippen molar-refractivity contribution < 1.29 is 4.79 Å². The molecule has 0 aliphatic rings. The van der Waals surface area contributed by atoms with Gasteiger partial charge in [0.2, 0.25) is 0 Å². The van der Waals surface area contributed by atoms with Gasteiger partial charge in [-0.2, -0.15) is 5.10 Å². The Kier molecular flexibility index (Phi) is 3.83. The normalized spacial score (nSPS) is 11.2. The minimum absolute atomic E-state index is 0.245. The van der Waals surface area contributed by atoms with E-state index in [4.69, 9.17) is 0 Å². The lowest BCUT2D eigenvalue weighted by molar-refractivity contribution is 0.102. The molecule has 0 bridgehead atoms. The van der Waals surface area contributed by atoms with Crippen LogP contribution in [0, 0.1) is 6.92 Å². The molecule has 1 amide bonds. The first-order valence-electron chi connectivity index (χ1n) is 9.09. The van der Waals surface area contributed by atoms with Crippen molar-refractivity contribution >= 4 is 33.7 Å². The van der Waals surface area contributed by atoms with Crippen LogP contribution in [-0.2, 0) is 7.05 Å². The van der Waals surface area contributed by atoms with E-state index in [0.717, 1.165) is 33.6 Å². The quantitative estimate of drug-likeness (QED) is 0.516. The van der Waals surface area contributed by atoms with E-state index in [1.165, 1.54) is 0 Å². The number of aromatic nitrogens is 6. The number of imidazole rings is 1. The van der Waals surface area contributed by atoms with E-state index in [-0.39, 0.29) is 5.91 Å². The number of hydrogen-bond acceptors (Lipinski definition) is 5. The van der Waals surface area contributed by atoms with E-state index < -0.39 is 0 Å². The van der Waals surface area contributed by atoms with Crippen LogP contribution >= 0.6 is 0 Å². The van der Waals surface area contributed by atoms with Crippen LogP contribution in [0.25, 0.3) is 27.9 Å². The fourth-order valence-electron chi connectivity index (χ4n) is 3.38. The molecular formula is C21H17N7O. The number of nitrogens with one attached hydrogen (secondary N) is 1. The number of para-hydroxylation sites is 2. The Morgan fingerprint density at radius 2 is 1.90 bits per heavy atom. The monoisotopic (exact) mass is 383 g/mol. The zero-order valence-corrected chi connectivity index (χ0v) is 15.9. The Morgan fingerprint density at radius 1 is 1.03 bits per heavy atom. The van der Waals surface area contributed by atoms with Crippen LogP contribution < -0.4 is 5.32 Å². The lowest BCUT2D eigenvalue weighted by Gasteiger charge is -2.07. The number of carbonyl (C=O) groups excluding carboxylic acids is 1. The molecule has 4 heterocycles. The van der Waals surface area contributed by atoms with Crippen molar-refractivity contribution in [1.29, 1.82) is 0 Å². The predicted octanol–water partition coefficient (Wildman–Crippen LogP) is 3.26. The SMILES string of the molecule is Cc1nn(C)c2ncc(C(=O)Nc3ccc(-n4cnc5ccccc54)nc3)cc12. The summed E-state index contributed by atoms with van der Waals surface area (Å²) in [5, 5.41) is 8.06. The summed E-state index contributed by atoms with van der Waals surface area (Å²) in [5.74, 6) is 0.482. The molecule has 8 heteroatoms. The minimum atomic E-state index is -0.245. The first-order valence-corrected chi connectivity index (χ1v) is 9.09. The molecule has 0 unspecified atom stereocenters. The Bertz CT molecular complexity index is 1370. The predicted molar refractivity (Wildman–Crippen MR) is 110 cm³/mol. The molecule has 0 fully saturated rings. The average molecular weight is 383 g/mol. The van der Waals surface area contributed by atoms with Gasteiger partial charge in [-0.1, -0.05) is 12.1 Å². The molecular weight excluding hydrogens is 366 g/mol. The van der Waals surface area contributed by atoms with E-state index in [2.05, 4.69) is 25.4 Å². The van der Waals surface area contributed by atoms with Crippen molar-refractivity contribution in [3.8, 4) is 5.82 Å². The molecule has 142 valence electrons. The lowest BCUT2D eigenvalue weighted by atomic mass is 10.2. The number of rotatable bonds is 3. The van der Waals surface area contributed by atoms with Gasteiger partial charge >= 0.3 is 0 Å². The minimum Gasteiger partial charge on any atom is -0.321 e. The fraction of sp³-hybridized carbons (Fsp3) is 0.0952. The highest BCUT2D eigenvalue weighted by Gasteiger charge is 2.12. The van der Waals surface area contributed by atoms with Crippen molar-refractivity contribution in [1.82, 2.24) is 29.3 Å². The van der Waals surface area contributed by atoms with Gasteiger partial charge in [0.15, 0.2) is 5.65 Å². The van der Waals surface area contributed by atoms with Crippen molar-refractivity contribution in [2.45, 2.75) is 6.92 Å². The van der Waals surface area contributed by atoms with Crippen molar-refractivity contribution in [2.75, 3.05) is 5.32 Å². The van der Waals surface area contributed by atoms with E-state index in [0.29, 0.717) is 11.3 Å². The van der Waals surface area contributed by atoms with Crippen LogP contribution in [0.5, 0.6) is 0 Å². The topological polar surface area (TPSA) is 90.5 Å². The summed E-state index contributed by atoms with van der Waals surface area (Å²) in [7, 11) is 1.83. The van der Waals surface area contributed by atoms with Gasteiger partial charge in [-0.05, 0) is 37.3 Å². The molecule has 5 rings (SSSR count). The molecule has 0 saturated carbocycles. The van der Waals surface area contributed by atoms with Gasteiger partial charge in [-0.15, -0.1) is 0 Å². The maximum atomic E-state index is 12.6. The van der Waals surface area contributed by atoms with Gasteiger partial charge in [0, 0.05) is 18.6 Å². The molecule has 0 radical (unpaired) electrons. The molecule has 0 aliphatic carbocycles. The highest BCUT2D eigenvalue weighted by atomic mass is 16.1. The van der Waals surface area contributed by atoms with Crippen LogP contribution in [0.3, 0.4) is 0 Å². The van der Waals surface area contributed by atoms with Gasteiger partial charge in [-0.3, -0.25) is 14.0 Å². The van der Waals surface area contributed by atoms with Gasteiger partial charge < -0.3 is 5.32 Å². The van der Waals surface area contributed by atoms with Crippen molar-refractivity contribution in [3.05, 3.63) is 72.4 Å². The van der Waals surface area contributed by atoms with Crippen LogP contribution in [-0.4, -0.2) is 35.2 Å². The second-order valence-electron chi connectivity index (χ2n) is 6.77. The molecule has 0 atom stereocenters. The largest absolute Gasteiger partial charge is 0.321 e. The van der Waals surface area contributed by atoms with E-state index >= 15 is 0 Å². The lowest BCUT2D eigenvalue weighted by Crippen LogP contribution is -2.12. The molecule has 8 nitrogen and oxygen atoms in total. The number of benzene rings is 1. The van der Waals surface area contributed by atoms with Gasteiger partial charge in [-0.25, -0.2) is 15.0 Å². The van der Waals surface area contributed by atoms with Crippen LogP contribution in [0.1, 0.15) is 16.1 Å². The summed E-state index contributed by atoms with van der Waals surface area (Å²) >= 11 is 0. The smallest absolute Gasteiger partial charge is 0.257 e. The number of anilines is 1. The van der Waals surface area contributed by atoms with Gasteiger partial charge in [0.05, 0.1) is 34.2 Å². The first-order chi connectivity index (χ1) is 14.1. The first kappa shape index (κ1) is 17.1. The summed E-state index contributed by atoms with van der Waals surface area (Å²) in [6.45, 7) is 1.90. The number of fused-ring (bicyclic) bond motifs is 2. The number of nitrogens with zero attached hydrogens (tertiary/aromatic N) is 6. The number of amides is 1. The molecule has 4 aromatic heterocycles. The molecule has 0 saturated heterocycles. The molecule has 5 aromatic rings. The summed E-state index contributed by atoms with van der Waals surface area (Å²) in [5.41, 5.74) is 4.54. The number of pyridine rings is 2. The Balaban J connectivity index is 1.39. The second kappa shape index (κ2) is 6.52. The summed E-state index contributed by atoms with van der Waals surface area (Å²) in [6, 6.07) is 13.3. The van der Waals surface area contributed by atoms with Crippen molar-refractivity contribution in [3.63, 3.8) is 0 Å². The third-order valence-electron chi connectivity index (χ3n) is 4.83. The maximum absolute atomic E-state index is 12.6. The standard InChI is InChI=1S/C21H17N7O/c1-13-16-9-14(10-23-20(16)27(2)26-13)21(29)25-15-7-8-19(22-11-15)28-12-24-17-5-3-4-6-18(17)28/h3-12H,1-2H3,(H,25,29). The van der Waals surface area contributed by atoms with Gasteiger partial charge in [0.25, 0.3) is 5.91 Å². The van der Waals surface area contributed by atoms with E-state index in [1.54, 1.807) is 29.5 Å². The average Bonchev–Trinajstić information content (AvgIpc) is 3.29. The summed E-state index contributed by atoms with van der Waals surface area (Å²) < 4.78 is 3.61. The third kappa shape index (κ3) is 2.91. The third-order valence-corrected chi connectivity index (χ3v) is 4.83. The molecule has 29 heavy (non-hydrogen) atoms. The molecule has 0 aliphatic heterocycles. The zero-order chi connectivity index (χ0) is 20.0. The van der Waals surface area contributed by atoms with E-state index in [9.17, 15) is 4.79 Å². The van der Waals surface area contributed by atoms with Crippen molar-refractivity contribution in [2.24, 2.45) is 7.05 Å². The zero-order valence-electron chi connectivity index (χ0n) is 15.9. The molecule has 0 spiro atoms. The fourth-order valence-corrected chi connectivity index (χ4v) is 3.38. The second-order valence-corrected chi connectivity index (χ2v) is 6.77. The van der Waals surface area contributed by atoms with Gasteiger partial charge in [0.1, 0.15) is 12.1 Å². The number of hydrogen-bond donors (Lipinski definition) is 1.